The van der Waals surface area contributed by atoms with Crippen LogP contribution in [0.5, 0.6) is 0 Å². The third kappa shape index (κ3) is 2.67. The third-order valence-corrected chi connectivity index (χ3v) is 6.20. The van der Waals surface area contributed by atoms with Crippen LogP contribution in [0.15, 0.2) is 70.6 Å². The number of pyridine rings is 1. The molecular weight excluding hydrogens is 404 g/mol. The van der Waals surface area contributed by atoms with Gasteiger partial charge in [0.25, 0.3) is 10.0 Å². The van der Waals surface area contributed by atoms with Gasteiger partial charge in [-0.2, -0.15) is 5.10 Å². The van der Waals surface area contributed by atoms with Gasteiger partial charge in [-0.3, -0.25) is 4.68 Å². The van der Waals surface area contributed by atoms with Crippen molar-refractivity contribution in [2.24, 2.45) is 7.05 Å². The summed E-state index contributed by atoms with van der Waals surface area (Å²) in [4.78, 5) is 4.62. The first kappa shape index (κ1) is 16.0. The van der Waals surface area contributed by atoms with Gasteiger partial charge in [0.1, 0.15) is 0 Å². The van der Waals surface area contributed by atoms with Crippen molar-refractivity contribution in [3.63, 3.8) is 0 Å². The summed E-state index contributed by atoms with van der Waals surface area (Å²) in [6.07, 6.45) is 6.82. The molecule has 0 unspecified atom stereocenters. The van der Waals surface area contributed by atoms with Gasteiger partial charge in [0.15, 0.2) is 5.65 Å². The first-order valence-corrected chi connectivity index (χ1v) is 9.66. The maximum absolute atomic E-state index is 12.9. The Hall–Kier alpha value is -2.45. The zero-order valence-corrected chi connectivity index (χ0v) is 15.6. The van der Waals surface area contributed by atoms with Crippen molar-refractivity contribution in [3.8, 4) is 11.1 Å². The van der Waals surface area contributed by atoms with E-state index in [0.717, 1.165) is 16.5 Å². The van der Waals surface area contributed by atoms with E-state index in [4.69, 9.17) is 0 Å². The van der Waals surface area contributed by atoms with Gasteiger partial charge in [-0.15, -0.1) is 0 Å². The van der Waals surface area contributed by atoms with E-state index in [0.29, 0.717) is 10.1 Å². The van der Waals surface area contributed by atoms with Crippen LogP contribution in [0.2, 0.25) is 0 Å². The van der Waals surface area contributed by atoms with Crippen LogP contribution in [-0.4, -0.2) is 27.2 Å². The predicted molar refractivity (Wildman–Crippen MR) is 98.7 cm³/mol. The number of hydrogen-bond acceptors (Lipinski definition) is 4. The van der Waals surface area contributed by atoms with Gasteiger partial charge in [0.2, 0.25) is 0 Å². The van der Waals surface area contributed by atoms with Gasteiger partial charge in [-0.05, 0) is 34.1 Å². The van der Waals surface area contributed by atoms with Gasteiger partial charge in [0.05, 0.1) is 11.1 Å². The molecule has 0 aliphatic carbocycles. The molecule has 0 amide bonds. The molecule has 6 nitrogen and oxygen atoms in total. The summed E-state index contributed by atoms with van der Waals surface area (Å²) in [5.74, 6) is 0. The number of aryl methyl sites for hydroxylation is 1. The molecule has 4 aromatic rings. The summed E-state index contributed by atoms with van der Waals surface area (Å²) in [6, 6.07) is 10.2. The number of rotatable bonds is 3. The summed E-state index contributed by atoms with van der Waals surface area (Å²) in [6.45, 7) is 0. The van der Waals surface area contributed by atoms with Gasteiger partial charge >= 0.3 is 0 Å². The number of fused-ring (bicyclic) bond motifs is 1. The lowest BCUT2D eigenvalue weighted by molar-refractivity contribution is 0.588. The maximum atomic E-state index is 12.9. The van der Waals surface area contributed by atoms with E-state index in [1.807, 2.05) is 19.3 Å². The fourth-order valence-electron chi connectivity index (χ4n) is 2.66. The molecule has 0 saturated heterocycles. The summed E-state index contributed by atoms with van der Waals surface area (Å²) in [5.41, 5.74) is 2.17. The van der Waals surface area contributed by atoms with Gasteiger partial charge in [-0.1, -0.05) is 18.2 Å². The zero-order chi connectivity index (χ0) is 17.6. The second-order valence-electron chi connectivity index (χ2n) is 5.59. The van der Waals surface area contributed by atoms with Crippen molar-refractivity contribution in [1.29, 1.82) is 0 Å². The maximum Gasteiger partial charge on any atom is 0.269 e. The molecule has 25 heavy (non-hydrogen) atoms. The molecule has 0 aliphatic heterocycles. The minimum absolute atomic E-state index is 0.220. The number of nitrogens with zero attached hydrogens (tertiary/aromatic N) is 4. The van der Waals surface area contributed by atoms with Crippen molar-refractivity contribution in [1.82, 2.24) is 18.7 Å². The zero-order valence-electron chi connectivity index (χ0n) is 13.2. The van der Waals surface area contributed by atoms with Crippen LogP contribution in [0.25, 0.3) is 22.2 Å². The second kappa shape index (κ2) is 5.82. The standard InChI is InChI=1S/C17H13BrN4O2S/c1-21-10-13(9-20-21)12-7-15-16(18)11-22(17(15)19-8-12)25(23,24)14-5-3-2-4-6-14/h2-11H,1H3. The summed E-state index contributed by atoms with van der Waals surface area (Å²) in [7, 11) is -1.87. The Morgan fingerprint density at radius 3 is 2.48 bits per heavy atom. The van der Waals surface area contributed by atoms with Crippen molar-refractivity contribution in [2.75, 3.05) is 0 Å². The molecule has 0 aliphatic rings. The number of aromatic nitrogens is 4. The van der Waals surface area contributed by atoms with Gasteiger partial charge < -0.3 is 0 Å². The molecule has 126 valence electrons. The highest BCUT2D eigenvalue weighted by molar-refractivity contribution is 9.10. The van der Waals surface area contributed by atoms with E-state index >= 15 is 0 Å². The van der Waals surface area contributed by atoms with Crippen LogP contribution in [0, 0.1) is 0 Å². The number of halogens is 1. The monoisotopic (exact) mass is 416 g/mol. The predicted octanol–water partition coefficient (Wildman–Crippen LogP) is 3.44. The highest BCUT2D eigenvalue weighted by Crippen LogP contribution is 2.31. The highest BCUT2D eigenvalue weighted by Gasteiger charge is 2.21. The number of benzene rings is 1. The molecular formula is C17H13BrN4O2S. The quantitative estimate of drug-likeness (QED) is 0.512. The summed E-state index contributed by atoms with van der Waals surface area (Å²) in [5, 5.41) is 4.88. The Kier molecular flexibility index (Phi) is 3.73. The van der Waals surface area contributed by atoms with Crippen molar-refractivity contribution >= 4 is 37.0 Å². The van der Waals surface area contributed by atoms with E-state index < -0.39 is 10.0 Å². The van der Waals surface area contributed by atoms with Crippen LogP contribution in [0.1, 0.15) is 0 Å². The van der Waals surface area contributed by atoms with Crippen molar-refractivity contribution in [2.45, 2.75) is 4.90 Å². The first-order valence-electron chi connectivity index (χ1n) is 7.43. The Labute approximate surface area is 152 Å². The van der Waals surface area contributed by atoms with Crippen LogP contribution in [-0.2, 0) is 17.1 Å². The molecule has 3 aromatic heterocycles. The summed E-state index contributed by atoms with van der Waals surface area (Å²) < 4.78 is 29.4. The van der Waals surface area contributed by atoms with E-state index in [1.54, 1.807) is 47.4 Å². The molecule has 1 aromatic carbocycles. The lowest BCUT2D eigenvalue weighted by atomic mass is 10.1. The molecule has 0 N–H and O–H groups in total. The van der Waals surface area contributed by atoms with Crippen LogP contribution >= 0.6 is 15.9 Å². The molecule has 0 saturated carbocycles. The molecule has 8 heteroatoms. The van der Waals surface area contributed by atoms with Crippen molar-refractivity contribution < 1.29 is 8.42 Å². The van der Waals surface area contributed by atoms with E-state index in [1.165, 1.54) is 10.2 Å². The van der Waals surface area contributed by atoms with Crippen LogP contribution in [0.4, 0.5) is 0 Å². The normalized spacial score (nSPS) is 11.9. The molecule has 0 fully saturated rings. The fraction of sp³-hybridized carbons (Fsp3) is 0.0588. The Bertz CT molecular complexity index is 1180. The molecule has 0 radical (unpaired) electrons. The van der Waals surface area contributed by atoms with Crippen LogP contribution < -0.4 is 0 Å². The van der Waals surface area contributed by atoms with E-state index in [-0.39, 0.29) is 4.90 Å². The lowest BCUT2D eigenvalue weighted by Gasteiger charge is -2.07. The topological polar surface area (TPSA) is 69.8 Å². The highest BCUT2D eigenvalue weighted by atomic mass is 79.9. The fourth-order valence-corrected chi connectivity index (χ4v) is 4.64. The third-order valence-electron chi connectivity index (χ3n) is 3.90. The molecule has 0 spiro atoms. The minimum Gasteiger partial charge on any atom is -0.275 e. The van der Waals surface area contributed by atoms with Crippen LogP contribution in [0.3, 0.4) is 0 Å². The number of hydrogen-bond donors (Lipinski definition) is 0. The largest absolute Gasteiger partial charge is 0.275 e. The Morgan fingerprint density at radius 1 is 1.04 bits per heavy atom. The van der Waals surface area contributed by atoms with Gasteiger partial charge in [-0.25, -0.2) is 17.4 Å². The van der Waals surface area contributed by atoms with E-state index in [2.05, 4.69) is 26.0 Å². The average molecular weight is 417 g/mol. The smallest absolute Gasteiger partial charge is 0.269 e. The van der Waals surface area contributed by atoms with E-state index in [9.17, 15) is 8.42 Å². The SMILES string of the molecule is Cn1cc(-c2cnc3c(c2)c(Br)cn3S(=O)(=O)c2ccccc2)cn1. The Morgan fingerprint density at radius 2 is 1.80 bits per heavy atom. The molecule has 0 atom stereocenters. The van der Waals surface area contributed by atoms with Gasteiger partial charge in [0, 0.05) is 46.6 Å². The second-order valence-corrected chi connectivity index (χ2v) is 8.26. The lowest BCUT2D eigenvalue weighted by Crippen LogP contribution is -2.12. The van der Waals surface area contributed by atoms with Crippen molar-refractivity contribution in [3.05, 3.63) is 65.7 Å². The minimum atomic E-state index is -3.71. The summed E-state index contributed by atoms with van der Waals surface area (Å²) >= 11 is 3.45. The first-order chi connectivity index (χ1) is 12.0. The molecule has 3 heterocycles. The average Bonchev–Trinajstić information content (AvgIpc) is 3.20. The Balaban J connectivity index is 1.90. The molecule has 4 rings (SSSR count). The molecule has 0 bridgehead atoms.